The smallest absolute Gasteiger partial charge is 0.258 e. The molecule has 4 nitrogen and oxygen atoms in total. The Labute approximate surface area is 131 Å². The third-order valence-electron chi connectivity index (χ3n) is 3.42. The molecule has 0 heterocycles. The molecule has 0 radical (unpaired) electrons. The number of hydrogen-bond donors (Lipinski definition) is 1. The van der Waals surface area contributed by atoms with Crippen LogP contribution >= 0.6 is 0 Å². The molecule has 0 saturated carbocycles. The second-order valence-electron chi connectivity index (χ2n) is 5.16. The first-order valence-corrected chi connectivity index (χ1v) is 7.38. The lowest BCUT2D eigenvalue weighted by Gasteiger charge is -2.19. The standard InChI is InChI=1S/C18H22N2O2/c1-15-8-6-7-11-17(15)22-14-18(21)19-12-13-20(2)16-9-4-3-5-10-16/h3-11H,12-14H2,1-2H3,(H,19,21). The van der Waals surface area contributed by atoms with Gasteiger partial charge in [0.2, 0.25) is 0 Å². The average molecular weight is 298 g/mol. The van der Waals surface area contributed by atoms with Crippen molar-refractivity contribution in [2.75, 3.05) is 31.6 Å². The summed E-state index contributed by atoms with van der Waals surface area (Å²) >= 11 is 0. The fourth-order valence-corrected chi connectivity index (χ4v) is 2.09. The van der Waals surface area contributed by atoms with Gasteiger partial charge < -0.3 is 15.0 Å². The molecule has 0 aliphatic rings. The molecule has 116 valence electrons. The first-order valence-electron chi connectivity index (χ1n) is 7.38. The van der Waals surface area contributed by atoms with Gasteiger partial charge in [0.1, 0.15) is 5.75 Å². The van der Waals surface area contributed by atoms with Gasteiger partial charge in [-0.3, -0.25) is 4.79 Å². The third kappa shape index (κ3) is 4.81. The molecule has 4 heteroatoms. The van der Waals surface area contributed by atoms with Gasteiger partial charge in [0.15, 0.2) is 6.61 Å². The van der Waals surface area contributed by atoms with Crippen LogP contribution in [-0.2, 0) is 4.79 Å². The van der Waals surface area contributed by atoms with Gasteiger partial charge in [-0.15, -0.1) is 0 Å². The van der Waals surface area contributed by atoms with Crippen molar-refractivity contribution in [2.45, 2.75) is 6.92 Å². The van der Waals surface area contributed by atoms with Gasteiger partial charge in [-0.2, -0.15) is 0 Å². The first-order chi connectivity index (χ1) is 10.7. The molecule has 0 fully saturated rings. The lowest BCUT2D eigenvalue weighted by molar-refractivity contribution is -0.123. The summed E-state index contributed by atoms with van der Waals surface area (Å²) in [5.41, 5.74) is 2.16. The fourth-order valence-electron chi connectivity index (χ4n) is 2.09. The summed E-state index contributed by atoms with van der Waals surface area (Å²) in [6.07, 6.45) is 0. The highest BCUT2D eigenvalue weighted by molar-refractivity contribution is 5.77. The molecule has 2 aromatic rings. The number of ether oxygens (including phenoxy) is 1. The lowest BCUT2D eigenvalue weighted by Crippen LogP contribution is -2.35. The molecule has 0 spiro atoms. The number of aryl methyl sites for hydroxylation is 1. The monoisotopic (exact) mass is 298 g/mol. The molecule has 0 atom stereocenters. The number of benzene rings is 2. The van der Waals surface area contributed by atoms with Crippen LogP contribution < -0.4 is 15.0 Å². The quantitative estimate of drug-likeness (QED) is 0.854. The number of rotatable bonds is 7. The molecular weight excluding hydrogens is 276 g/mol. The number of nitrogens with zero attached hydrogens (tertiary/aromatic N) is 1. The SMILES string of the molecule is Cc1ccccc1OCC(=O)NCCN(C)c1ccccc1. The minimum Gasteiger partial charge on any atom is -0.484 e. The van der Waals surface area contributed by atoms with Crippen molar-refractivity contribution in [2.24, 2.45) is 0 Å². The molecule has 2 rings (SSSR count). The van der Waals surface area contributed by atoms with Gasteiger partial charge >= 0.3 is 0 Å². The maximum absolute atomic E-state index is 11.8. The Hall–Kier alpha value is -2.49. The summed E-state index contributed by atoms with van der Waals surface area (Å²) < 4.78 is 5.52. The van der Waals surface area contributed by atoms with E-state index in [2.05, 4.69) is 10.2 Å². The normalized spacial score (nSPS) is 10.1. The van der Waals surface area contributed by atoms with E-state index in [9.17, 15) is 4.79 Å². The minimum atomic E-state index is -0.107. The second kappa shape index (κ2) is 8.08. The Morgan fingerprint density at radius 1 is 1.09 bits per heavy atom. The molecular formula is C18H22N2O2. The zero-order valence-electron chi connectivity index (χ0n) is 13.1. The number of carbonyl (C=O) groups excluding carboxylic acids is 1. The molecule has 0 unspecified atom stereocenters. The van der Waals surface area contributed by atoms with Crippen LogP contribution in [0.15, 0.2) is 54.6 Å². The van der Waals surface area contributed by atoms with Crippen molar-refractivity contribution in [1.82, 2.24) is 5.32 Å². The van der Waals surface area contributed by atoms with E-state index in [-0.39, 0.29) is 12.5 Å². The number of likely N-dealkylation sites (N-methyl/N-ethyl adjacent to an activating group) is 1. The number of carbonyl (C=O) groups is 1. The van der Waals surface area contributed by atoms with E-state index in [1.54, 1.807) is 0 Å². The van der Waals surface area contributed by atoms with Crippen LogP contribution in [0.3, 0.4) is 0 Å². The topological polar surface area (TPSA) is 41.6 Å². The molecule has 2 aromatic carbocycles. The number of hydrogen-bond acceptors (Lipinski definition) is 3. The van der Waals surface area contributed by atoms with Crippen LogP contribution in [0, 0.1) is 6.92 Å². The highest BCUT2D eigenvalue weighted by atomic mass is 16.5. The molecule has 0 aliphatic carbocycles. The summed E-state index contributed by atoms with van der Waals surface area (Å²) in [7, 11) is 2.01. The number of nitrogens with one attached hydrogen (secondary N) is 1. The average Bonchev–Trinajstić information content (AvgIpc) is 2.55. The van der Waals surface area contributed by atoms with Crippen LogP contribution in [0.1, 0.15) is 5.56 Å². The number of amides is 1. The van der Waals surface area contributed by atoms with Gasteiger partial charge in [-0.25, -0.2) is 0 Å². The Morgan fingerprint density at radius 2 is 1.77 bits per heavy atom. The van der Waals surface area contributed by atoms with E-state index >= 15 is 0 Å². The summed E-state index contributed by atoms with van der Waals surface area (Å²) in [4.78, 5) is 13.9. The van der Waals surface area contributed by atoms with E-state index in [0.717, 1.165) is 23.5 Å². The van der Waals surface area contributed by atoms with Gasteiger partial charge in [-0.05, 0) is 30.7 Å². The summed E-state index contributed by atoms with van der Waals surface area (Å²) in [6, 6.07) is 17.7. The number of anilines is 1. The third-order valence-corrected chi connectivity index (χ3v) is 3.42. The van der Waals surface area contributed by atoms with Crippen LogP contribution in [-0.4, -0.2) is 32.7 Å². The maximum atomic E-state index is 11.8. The minimum absolute atomic E-state index is 0.0416. The predicted molar refractivity (Wildman–Crippen MR) is 89.4 cm³/mol. The Kier molecular flexibility index (Phi) is 5.83. The summed E-state index contributed by atoms with van der Waals surface area (Å²) in [5, 5.41) is 2.87. The summed E-state index contributed by atoms with van der Waals surface area (Å²) in [5.74, 6) is 0.642. The molecule has 0 saturated heterocycles. The van der Waals surface area contributed by atoms with Crippen molar-refractivity contribution >= 4 is 11.6 Å². The van der Waals surface area contributed by atoms with Gasteiger partial charge in [0, 0.05) is 25.8 Å². The zero-order chi connectivity index (χ0) is 15.8. The van der Waals surface area contributed by atoms with Crippen LogP contribution in [0.5, 0.6) is 5.75 Å². The molecule has 0 bridgehead atoms. The summed E-state index contributed by atoms with van der Waals surface area (Å²) in [6.45, 7) is 3.34. The highest BCUT2D eigenvalue weighted by Gasteiger charge is 2.05. The van der Waals surface area contributed by atoms with Crippen molar-refractivity contribution in [3.05, 3.63) is 60.2 Å². The van der Waals surface area contributed by atoms with E-state index in [1.165, 1.54) is 0 Å². The van der Waals surface area contributed by atoms with Crippen LogP contribution in [0.2, 0.25) is 0 Å². The maximum Gasteiger partial charge on any atom is 0.258 e. The van der Waals surface area contributed by atoms with Crippen LogP contribution in [0.4, 0.5) is 5.69 Å². The second-order valence-corrected chi connectivity index (χ2v) is 5.16. The van der Waals surface area contributed by atoms with Gasteiger partial charge in [0.05, 0.1) is 0 Å². The number of para-hydroxylation sites is 2. The Balaban J connectivity index is 1.69. The predicted octanol–water partition coefficient (Wildman–Crippen LogP) is 2.63. The molecule has 1 N–H and O–H groups in total. The lowest BCUT2D eigenvalue weighted by atomic mass is 10.2. The van der Waals surface area contributed by atoms with Crippen molar-refractivity contribution in [3.8, 4) is 5.75 Å². The van der Waals surface area contributed by atoms with E-state index in [0.29, 0.717) is 6.54 Å². The largest absolute Gasteiger partial charge is 0.484 e. The Morgan fingerprint density at radius 3 is 2.50 bits per heavy atom. The first kappa shape index (κ1) is 15.9. The molecule has 0 aliphatic heterocycles. The molecule has 22 heavy (non-hydrogen) atoms. The van der Waals surface area contributed by atoms with Crippen LogP contribution in [0.25, 0.3) is 0 Å². The van der Waals surface area contributed by atoms with E-state index in [4.69, 9.17) is 4.74 Å². The highest BCUT2D eigenvalue weighted by Crippen LogP contribution is 2.15. The Bertz CT molecular complexity index is 599. The van der Waals surface area contributed by atoms with Gasteiger partial charge in [-0.1, -0.05) is 36.4 Å². The zero-order valence-corrected chi connectivity index (χ0v) is 13.1. The van der Waals surface area contributed by atoms with Crippen molar-refractivity contribution in [3.63, 3.8) is 0 Å². The van der Waals surface area contributed by atoms with E-state index in [1.807, 2.05) is 68.6 Å². The van der Waals surface area contributed by atoms with E-state index < -0.39 is 0 Å². The fraction of sp³-hybridized carbons (Fsp3) is 0.278. The van der Waals surface area contributed by atoms with Crippen molar-refractivity contribution < 1.29 is 9.53 Å². The van der Waals surface area contributed by atoms with Crippen molar-refractivity contribution in [1.29, 1.82) is 0 Å². The molecule has 0 aromatic heterocycles. The van der Waals surface area contributed by atoms with Gasteiger partial charge in [0.25, 0.3) is 5.91 Å². The molecule has 1 amide bonds.